The second-order valence-corrected chi connectivity index (χ2v) is 9.57. The molecule has 0 bridgehead atoms. The minimum absolute atomic E-state index is 0.215. The number of hydrogen-bond acceptors (Lipinski definition) is 4. The molecular weight excluding hydrogens is 324 g/mol. The van der Waals surface area contributed by atoms with Crippen molar-refractivity contribution in [3.05, 3.63) is 35.4 Å². The van der Waals surface area contributed by atoms with E-state index in [2.05, 4.69) is 9.68 Å². The summed E-state index contributed by atoms with van der Waals surface area (Å²) in [7, 11) is -2.49. The minimum Gasteiger partial charge on any atom is -0.372 e. The van der Waals surface area contributed by atoms with Gasteiger partial charge in [0.1, 0.15) is 0 Å². The van der Waals surface area contributed by atoms with Gasteiger partial charge in [0.2, 0.25) is 0 Å². The molecule has 3 rings (SSSR count). The molecule has 0 saturated carbocycles. The first-order valence-electron chi connectivity index (χ1n) is 8.64. The molecule has 6 heteroatoms. The highest BCUT2D eigenvalue weighted by atomic mass is 32.2. The molecule has 2 saturated heterocycles. The van der Waals surface area contributed by atoms with Crippen LogP contribution in [0.15, 0.2) is 28.6 Å². The molecule has 5 nitrogen and oxygen atoms in total. The second-order valence-electron chi connectivity index (χ2n) is 7.03. The molecule has 1 aromatic carbocycles. The van der Waals surface area contributed by atoms with E-state index in [0.29, 0.717) is 36.5 Å². The van der Waals surface area contributed by atoms with Crippen molar-refractivity contribution in [3.8, 4) is 0 Å². The summed E-state index contributed by atoms with van der Waals surface area (Å²) in [5.41, 5.74) is 1.32. The lowest BCUT2D eigenvalue weighted by atomic mass is 9.95. The number of benzene rings is 1. The summed E-state index contributed by atoms with van der Waals surface area (Å²) in [6.07, 6.45) is 1.39. The first-order valence-corrected chi connectivity index (χ1v) is 10.5. The first-order chi connectivity index (χ1) is 11.4. The predicted octanol–water partition coefficient (Wildman–Crippen LogP) is 2.57. The lowest BCUT2D eigenvalue weighted by Crippen LogP contribution is -2.53. The van der Waals surface area contributed by atoms with Crippen LogP contribution in [-0.4, -0.2) is 46.9 Å². The molecule has 0 atom stereocenters. The second kappa shape index (κ2) is 6.94. The SMILES string of the molecule is CC(C)c1ccccc1C(=O)N=S1(=O)CCC2(CC1)CNCCO2. The number of amides is 1. The summed E-state index contributed by atoms with van der Waals surface area (Å²) in [6, 6.07) is 7.47. The number of ether oxygens (including phenoxy) is 1. The predicted molar refractivity (Wildman–Crippen MR) is 96.0 cm³/mol. The highest BCUT2D eigenvalue weighted by molar-refractivity contribution is 7.93. The molecule has 132 valence electrons. The summed E-state index contributed by atoms with van der Waals surface area (Å²) < 4.78 is 23.1. The van der Waals surface area contributed by atoms with Gasteiger partial charge in [0, 0.05) is 30.2 Å². The Hall–Kier alpha value is -1.24. The van der Waals surface area contributed by atoms with Crippen LogP contribution in [0.1, 0.15) is 48.5 Å². The van der Waals surface area contributed by atoms with Crippen molar-refractivity contribution in [2.45, 2.75) is 38.2 Å². The molecule has 0 aliphatic carbocycles. The van der Waals surface area contributed by atoms with Gasteiger partial charge in [-0.25, -0.2) is 4.21 Å². The van der Waals surface area contributed by atoms with Crippen LogP contribution >= 0.6 is 0 Å². The Morgan fingerprint density at radius 2 is 2.00 bits per heavy atom. The van der Waals surface area contributed by atoms with Crippen molar-refractivity contribution < 1.29 is 13.7 Å². The number of carbonyl (C=O) groups excluding carboxylic acids is 1. The molecule has 2 aliphatic heterocycles. The Morgan fingerprint density at radius 3 is 2.62 bits per heavy atom. The molecule has 24 heavy (non-hydrogen) atoms. The maximum absolute atomic E-state index is 13.0. The minimum atomic E-state index is -2.49. The molecule has 0 aromatic heterocycles. The van der Waals surface area contributed by atoms with E-state index in [9.17, 15) is 9.00 Å². The van der Waals surface area contributed by atoms with E-state index < -0.39 is 9.73 Å². The maximum atomic E-state index is 13.0. The Bertz CT molecular complexity index is 714. The van der Waals surface area contributed by atoms with Gasteiger partial charge < -0.3 is 10.1 Å². The molecule has 1 aromatic rings. The van der Waals surface area contributed by atoms with E-state index in [1.165, 1.54) is 0 Å². The number of hydrogen-bond donors (Lipinski definition) is 1. The van der Waals surface area contributed by atoms with Crippen molar-refractivity contribution in [2.24, 2.45) is 4.36 Å². The number of rotatable bonds is 2. The average Bonchev–Trinajstić information content (AvgIpc) is 2.59. The van der Waals surface area contributed by atoms with E-state index in [-0.39, 0.29) is 17.4 Å². The monoisotopic (exact) mass is 350 g/mol. The van der Waals surface area contributed by atoms with Gasteiger partial charge >= 0.3 is 0 Å². The Kier molecular flexibility index (Phi) is 5.08. The van der Waals surface area contributed by atoms with E-state index in [1.54, 1.807) is 6.07 Å². The van der Waals surface area contributed by atoms with Gasteiger partial charge in [0.15, 0.2) is 0 Å². The third kappa shape index (κ3) is 3.71. The van der Waals surface area contributed by atoms with Crippen molar-refractivity contribution >= 4 is 15.6 Å². The molecular formula is C18H26N2O3S. The van der Waals surface area contributed by atoms with Gasteiger partial charge in [-0.2, -0.15) is 4.36 Å². The fourth-order valence-electron chi connectivity index (χ4n) is 3.43. The standard InChI is InChI=1S/C18H26N2O3S/c1-14(2)15-5-3-4-6-16(15)17(21)20-24(22)11-7-18(8-12-24)13-19-9-10-23-18/h3-6,14,19H,7-13H2,1-2H3. The molecule has 1 amide bonds. The molecule has 2 heterocycles. The number of morpholine rings is 1. The first kappa shape index (κ1) is 17.6. The van der Waals surface area contributed by atoms with Gasteiger partial charge in [0.25, 0.3) is 5.91 Å². The molecule has 2 aliphatic rings. The van der Waals surface area contributed by atoms with Crippen molar-refractivity contribution in [2.75, 3.05) is 31.2 Å². The Morgan fingerprint density at radius 1 is 1.29 bits per heavy atom. The number of carbonyl (C=O) groups is 1. The maximum Gasteiger partial charge on any atom is 0.285 e. The van der Waals surface area contributed by atoms with E-state index in [1.807, 2.05) is 32.0 Å². The van der Waals surface area contributed by atoms with Crippen LogP contribution in [0.5, 0.6) is 0 Å². The van der Waals surface area contributed by atoms with Crippen LogP contribution in [-0.2, 0) is 14.5 Å². The topological polar surface area (TPSA) is 67.8 Å². The number of nitrogens with zero attached hydrogens (tertiary/aromatic N) is 1. The summed E-state index contributed by atoms with van der Waals surface area (Å²) in [5, 5.41) is 3.34. The normalized spacial score (nSPS) is 30.5. The fourth-order valence-corrected chi connectivity index (χ4v) is 5.60. The average molecular weight is 350 g/mol. The third-order valence-electron chi connectivity index (χ3n) is 4.95. The van der Waals surface area contributed by atoms with Gasteiger partial charge in [-0.3, -0.25) is 4.79 Å². The lowest BCUT2D eigenvalue weighted by molar-refractivity contribution is -0.0712. The zero-order chi connectivity index (χ0) is 17.2. The number of nitrogens with one attached hydrogen (secondary N) is 1. The molecule has 2 fully saturated rings. The summed E-state index contributed by atoms with van der Waals surface area (Å²) in [5.74, 6) is 0.756. The smallest absolute Gasteiger partial charge is 0.285 e. The van der Waals surface area contributed by atoms with Gasteiger partial charge in [-0.1, -0.05) is 32.0 Å². The Labute approximate surface area is 144 Å². The summed E-state index contributed by atoms with van der Waals surface area (Å²) >= 11 is 0. The molecule has 0 radical (unpaired) electrons. The summed E-state index contributed by atoms with van der Waals surface area (Å²) in [4.78, 5) is 12.6. The fraction of sp³-hybridized carbons (Fsp3) is 0.611. The zero-order valence-corrected chi connectivity index (χ0v) is 15.2. The van der Waals surface area contributed by atoms with Gasteiger partial charge in [-0.15, -0.1) is 0 Å². The van der Waals surface area contributed by atoms with Crippen LogP contribution in [0, 0.1) is 0 Å². The zero-order valence-electron chi connectivity index (χ0n) is 14.4. The van der Waals surface area contributed by atoms with Crippen LogP contribution < -0.4 is 5.32 Å². The van der Waals surface area contributed by atoms with Crippen LogP contribution in [0.4, 0.5) is 0 Å². The van der Waals surface area contributed by atoms with E-state index >= 15 is 0 Å². The van der Waals surface area contributed by atoms with Gasteiger partial charge in [-0.05, 0) is 30.4 Å². The highest BCUT2D eigenvalue weighted by Gasteiger charge is 2.39. The third-order valence-corrected chi connectivity index (χ3v) is 7.13. The Balaban J connectivity index is 1.79. The van der Waals surface area contributed by atoms with E-state index in [4.69, 9.17) is 4.74 Å². The summed E-state index contributed by atoms with van der Waals surface area (Å²) in [6.45, 7) is 6.45. The molecule has 0 unspecified atom stereocenters. The van der Waals surface area contributed by atoms with Crippen molar-refractivity contribution in [1.82, 2.24) is 5.32 Å². The quantitative estimate of drug-likeness (QED) is 0.890. The van der Waals surface area contributed by atoms with Crippen LogP contribution in [0.3, 0.4) is 0 Å². The van der Waals surface area contributed by atoms with E-state index in [0.717, 1.165) is 18.7 Å². The lowest BCUT2D eigenvalue weighted by Gasteiger charge is -2.41. The molecule has 1 N–H and O–H groups in total. The highest BCUT2D eigenvalue weighted by Crippen LogP contribution is 2.30. The van der Waals surface area contributed by atoms with Crippen LogP contribution in [0.2, 0.25) is 0 Å². The van der Waals surface area contributed by atoms with Crippen molar-refractivity contribution in [1.29, 1.82) is 0 Å². The van der Waals surface area contributed by atoms with Gasteiger partial charge in [0.05, 0.1) is 21.9 Å². The molecule has 1 spiro atoms. The van der Waals surface area contributed by atoms with Crippen LogP contribution in [0.25, 0.3) is 0 Å². The van der Waals surface area contributed by atoms with Crippen molar-refractivity contribution in [3.63, 3.8) is 0 Å². The largest absolute Gasteiger partial charge is 0.372 e.